The average molecular weight is 747 g/mol. The van der Waals surface area contributed by atoms with E-state index in [0.717, 1.165) is 59.0 Å². The van der Waals surface area contributed by atoms with Crippen molar-refractivity contribution < 1.29 is 18.9 Å². The van der Waals surface area contributed by atoms with Gasteiger partial charge in [0.1, 0.15) is 34.5 Å². The molecule has 0 aromatic heterocycles. The Bertz CT molecular complexity index is 2520. The molecular weight excluding hydrogens is 705 g/mol. The van der Waals surface area contributed by atoms with E-state index in [-0.39, 0.29) is 5.41 Å². The van der Waals surface area contributed by atoms with Crippen LogP contribution in [-0.4, -0.2) is 13.5 Å². The van der Waals surface area contributed by atoms with E-state index in [0.29, 0.717) is 13.5 Å². The van der Waals surface area contributed by atoms with Crippen molar-refractivity contribution in [3.8, 4) is 34.5 Å². The number of hydrogen-bond donors (Lipinski definition) is 0. The van der Waals surface area contributed by atoms with Crippen molar-refractivity contribution in [2.75, 3.05) is 23.3 Å². The summed E-state index contributed by atoms with van der Waals surface area (Å²) in [4.78, 5) is 4.47. The van der Waals surface area contributed by atoms with E-state index in [1.165, 1.54) is 43.8 Å². The topological polar surface area (TPSA) is 43.4 Å². The van der Waals surface area contributed by atoms with Gasteiger partial charge in [-0.3, -0.25) is 0 Å². The van der Waals surface area contributed by atoms with Gasteiger partial charge in [0.05, 0.1) is 0 Å². The standard InChI is InChI=1S/C51H42N2O4/c1-51(2,39-15-23-43(24-16-39)56-45-27-19-41(20-28-45)52-31-37-13-11-35-7-3-5-9-47(35)49(37)54-33-52)40-17-25-44(26-18-40)57-46-29-21-42(22-30-46)53-32-38-14-12-36-8-4-6-10-48(36)50(38)55-34-53/h3-30H,31-34H2,1-2H3. The van der Waals surface area contributed by atoms with Crippen molar-refractivity contribution in [3.63, 3.8) is 0 Å². The van der Waals surface area contributed by atoms with Crippen molar-refractivity contribution in [1.82, 2.24) is 0 Å². The summed E-state index contributed by atoms with van der Waals surface area (Å²) < 4.78 is 25.0. The highest BCUT2D eigenvalue weighted by atomic mass is 16.5. The van der Waals surface area contributed by atoms with E-state index >= 15 is 0 Å². The highest BCUT2D eigenvalue weighted by molar-refractivity contribution is 5.91. The molecule has 0 aliphatic carbocycles. The number of rotatable bonds is 8. The molecule has 6 nitrogen and oxygen atoms in total. The highest BCUT2D eigenvalue weighted by Gasteiger charge is 2.24. The van der Waals surface area contributed by atoms with Crippen LogP contribution in [0.3, 0.4) is 0 Å². The van der Waals surface area contributed by atoms with Crippen LogP contribution in [0.1, 0.15) is 36.1 Å². The van der Waals surface area contributed by atoms with Crippen LogP contribution in [0.2, 0.25) is 0 Å². The predicted molar refractivity (Wildman–Crippen MR) is 229 cm³/mol. The first-order chi connectivity index (χ1) is 27.9. The fourth-order valence-corrected chi connectivity index (χ4v) is 8.05. The summed E-state index contributed by atoms with van der Waals surface area (Å²) in [7, 11) is 0. The molecule has 0 atom stereocenters. The molecule has 0 amide bonds. The molecule has 0 bridgehead atoms. The Kier molecular flexibility index (Phi) is 8.67. The number of benzene rings is 8. The van der Waals surface area contributed by atoms with Crippen molar-refractivity contribution in [1.29, 1.82) is 0 Å². The number of nitrogens with zero attached hydrogens (tertiary/aromatic N) is 2. The normalized spacial score (nSPS) is 13.7. The molecule has 0 radical (unpaired) electrons. The molecule has 280 valence electrons. The molecule has 6 heteroatoms. The van der Waals surface area contributed by atoms with Gasteiger partial charge in [-0.15, -0.1) is 0 Å². The van der Waals surface area contributed by atoms with Crippen LogP contribution in [0.4, 0.5) is 11.4 Å². The lowest BCUT2D eigenvalue weighted by Gasteiger charge is -2.31. The fraction of sp³-hybridized carbons (Fsp3) is 0.137. The summed E-state index contributed by atoms with van der Waals surface area (Å²) in [6.45, 7) is 7.09. The quantitative estimate of drug-likeness (QED) is 0.154. The summed E-state index contributed by atoms with van der Waals surface area (Å²) in [6.07, 6.45) is 0. The second kappa shape index (κ2) is 14.3. The van der Waals surface area contributed by atoms with Crippen LogP contribution in [-0.2, 0) is 18.5 Å². The van der Waals surface area contributed by atoms with Gasteiger partial charge in [0, 0.05) is 51.8 Å². The van der Waals surface area contributed by atoms with E-state index in [4.69, 9.17) is 18.9 Å². The Morgan fingerprint density at radius 2 is 0.789 bits per heavy atom. The number of hydrogen-bond acceptors (Lipinski definition) is 6. The van der Waals surface area contributed by atoms with Gasteiger partial charge in [-0.25, -0.2) is 0 Å². The molecule has 57 heavy (non-hydrogen) atoms. The Balaban J connectivity index is 0.748. The van der Waals surface area contributed by atoms with Gasteiger partial charge in [-0.1, -0.05) is 111 Å². The highest BCUT2D eigenvalue weighted by Crippen LogP contribution is 2.39. The lowest BCUT2D eigenvalue weighted by molar-refractivity contribution is 0.293. The lowest BCUT2D eigenvalue weighted by atomic mass is 9.78. The third kappa shape index (κ3) is 6.74. The van der Waals surface area contributed by atoms with E-state index in [1.54, 1.807) is 0 Å². The summed E-state index contributed by atoms with van der Waals surface area (Å²) in [5, 5.41) is 4.73. The van der Waals surface area contributed by atoms with E-state index in [9.17, 15) is 0 Å². The number of fused-ring (bicyclic) bond motifs is 6. The van der Waals surface area contributed by atoms with E-state index in [2.05, 4.69) is 145 Å². The van der Waals surface area contributed by atoms with Gasteiger partial charge in [0.15, 0.2) is 13.5 Å². The molecule has 10 rings (SSSR count). The zero-order valence-corrected chi connectivity index (χ0v) is 32.0. The molecule has 0 N–H and O–H groups in total. The van der Waals surface area contributed by atoms with Gasteiger partial charge in [-0.05, 0) is 94.7 Å². The van der Waals surface area contributed by atoms with Crippen LogP contribution < -0.4 is 28.7 Å². The largest absolute Gasteiger partial charge is 0.472 e. The molecule has 2 aliphatic rings. The van der Waals surface area contributed by atoms with Gasteiger partial charge in [-0.2, -0.15) is 0 Å². The van der Waals surface area contributed by atoms with Crippen molar-refractivity contribution in [2.24, 2.45) is 0 Å². The van der Waals surface area contributed by atoms with Crippen molar-refractivity contribution in [2.45, 2.75) is 32.4 Å². The predicted octanol–water partition coefficient (Wildman–Crippen LogP) is 12.6. The number of anilines is 2. The smallest absolute Gasteiger partial charge is 0.161 e. The first-order valence-corrected chi connectivity index (χ1v) is 19.5. The van der Waals surface area contributed by atoms with E-state index in [1.807, 2.05) is 48.5 Å². The van der Waals surface area contributed by atoms with Gasteiger partial charge in [0.25, 0.3) is 0 Å². The maximum atomic E-state index is 6.27. The molecule has 8 aromatic rings. The minimum atomic E-state index is -0.219. The van der Waals surface area contributed by atoms with Crippen LogP contribution in [0.5, 0.6) is 34.5 Å². The maximum absolute atomic E-state index is 6.27. The summed E-state index contributed by atoms with van der Waals surface area (Å²) in [6, 6.07) is 58.7. The Labute approximate surface area is 333 Å². The minimum absolute atomic E-state index is 0.219. The Morgan fingerprint density at radius 3 is 1.19 bits per heavy atom. The van der Waals surface area contributed by atoms with Crippen molar-refractivity contribution >= 4 is 32.9 Å². The third-order valence-electron chi connectivity index (χ3n) is 11.4. The number of ether oxygens (including phenoxy) is 4. The third-order valence-corrected chi connectivity index (χ3v) is 11.4. The first kappa shape index (κ1) is 34.6. The molecule has 2 aliphatic heterocycles. The maximum Gasteiger partial charge on any atom is 0.161 e. The van der Waals surface area contributed by atoms with Gasteiger partial charge in [0.2, 0.25) is 0 Å². The van der Waals surface area contributed by atoms with Crippen LogP contribution >= 0.6 is 0 Å². The van der Waals surface area contributed by atoms with Gasteiger partial charge >= 0.3 is 0 Å². The van der Waals surface area contributed by atoms with Crippen molar-refractivity contribution in [3.05, 3.63) is 192 Å². The molecule has 0 saturated carbocycles. The minimum Gasteiger partial charge on any atom is -0.472 e. The molecule has 8 aromatic carbocycles. The van der Waals surface area contributed by atoms with Crippen LogP contribution in [0.25, 0.3) is 21.5 Å². The average Bonchev–Trinajstić information content (AvgIpc) is 3.27. The SMILES string of the molecule is CC(C)(c1ccc(Oc2ccc(N3COc4c(ccc5ccccc45)C3)cc2)cc1)c1ccc(Oc2ccc(N3COc4c(ccc5ccccc45)C3)cc2)cc1. The van der Waals surface area contributed by atoms with Crippen LogP contribution in [0.15, 0.2) is 170 Å². The Hall–Kier alpha value is -6.92. The zero-order valence-electron chi connectivity index (χ0n) is 32.0. The Morgan fingerprint density at radius 1 is 0.421 bits per heavy atom. The molecule has 0 spiro atoms. The van der Waals surface area contributed by atoms with Gasteiger partial charge < -0.3 is 28.7 Å². The fourth-order valence-electron chi connectivity index (χ4n) is 8.05. The first-order valence-electron chi connectivity index (χ1n) is 19.5. The molecule has 2 heterocycles. The monoisotopic (exact) mass is 746 g/mol. The second-order valence-corrected chi connectivity index (χ2v) is 15.4. The summed E-state index contributed by atoms with van der Waals surface area (Å²) in [5.74, 6) is 5.16. The molecule has 0 fully saturated rings. The molecule has 0 saturated heterocycles. The molecule has 0 unspecified atom stereocenters. The second-order valence-electron chi connectivity index (χ2n) is 15.4. The molecular formula is C51H42N2O4. The zero-order chi connectivity index (χ0) is 38.3. The van der Waals surface area contributed by atoms with Crippen LogP contribution in [0, 0.1) is 0 Å². The summed E-state index contributed by atoms with van der Waals surface area (Å²) in [5.41, 5.74) is 6.76. The van der Waals surface area contributed by atoms with E-state index < -0.39 is 0 Å². The lowest BCUT2D eigenvalue weighted by Crippen LogP contribution is -2.31. The summed E-state index contributed by atoms with van der Waals surface area (Å²) >= 11 is 0.